The number of hydrogen-bond donors (Lipinski definition) is 5. The van der Waals surface area contributed by atoms with Gasteiger partial charge in [0.25, 0.3) is 0 Å². The smallest absolute Gasteiger partial charge is 0.246 e. The van der Waals surface area contributed by atoms with Crippen LogP contribution in [0.15, 0.2) is 24.3 Å². The Labute approximate surface area is 338 Å². The first-order valence-electron chi connectivity index (χ1n) is 20.9. The normalized spacial score (nSPS) is 20.8. The Morgan fingerprint density at radius 3 is 1.90 bits per heavy atom. The molecule has 0 unspecified atom stereocenters. The highest BCUT2D eigenvalue weighted by atomic mass is 16.2. The molecule has 18 nitrogen and oxygen atoms in total. The second kappa shape index (κ2) is 18.1. The number of nitrogens with zero attached hydrogens (tertiary/aromatic N) is 8. The molecule has 6 atom stereocenters. The lowest BCUT2D eigenvalue weighted by Crippen LogP contribution is -2.56. The minimum atomic E-state index is -1.07. The molecule has 1 aromatic carbocycles. The van der Waals surface area contributed by atoms with E-state index < -0.39 is 30.2 Å². The number of aromatic nitrogens is 6. The summed E-state index contributed by atoms with van der Waals surface area (Å²) in [7, 11) is 3.36. The fourth-order valence-electron chi connectivity index (χ4n) is 8.65. The molecule has 0 spiro atoms. The monoisotopic (exact) mass is 799 g/mol. The molecule has 5 N–H and O–H groups in total. The van der Waals surface area contributed by atoms with Gasteiger partial charge in [-0.3, -0.25) is 24.0 Å². The van der Waals surface area contributed by atoms with Crippen molar-refractivity contribution in [2.75, 3.05) is 33.7 Å². The maximum Gasteiger partial charge on any atom is 0.246 e. The van der Waals surface area contributed by atoms with E-state index in [1.807, 2.05) is 12.1 Å². The average Bonchev–Trinajstić information content (AvgIpc) is 4.07. The van der Waals surface area contributed by atoms with Gasteiger partial charge in [-0.25, -0.2) is 9.36 Å². The predicted octanol–water partition coefficient (Wildman–Crippen LogP) is 0.0179. The van der Waals surface area contributed by atoms with Crippen molar-refractivity contribution in [3.05, 3.63) is 46.8 Å². The Morgan fingerprint density at radius 2 is 1.29 bits per heavy atom. The van der Waals surface area contributed by atoms with E-state index in [9.17, 15) is 24.0 Å². The number of aryl methyl sites for hydroxylation is 3. The number of fused-ring (bicyclic) bond motifs is 4. The summed E-state index contributed by atoms with van der Waals surface area (Å²) in [5, 5.41) is 33.1. The van der Waals surface area contributed by atoms with Crippen molar-refractivity contribution in [1.82, 2.24) is 66.4 Å². The van der Waals surface area contributed by atoms with Gasteiger partial charge >= 0.3 is 0 Å². The van der Waals surface area contributed by atoms with Crippen molar-refractivity contribution in [2.45, 2.75) is 127 Å². The van der Waals surface area contributed by atoms with Gasteiger partial charge < -0.3 is 36.4 Å². The number of amides is 5. The molecule has 312 valence electrons. The molecule has 0 radical (unpaired) electrons. The Hall–Kier alpha value is -5.23. The molecule has 5 amide bonds. The summed E-state index contributed by atoms with van der Waals surface area (Å²) in [6.45, 7) is 6.08. The van der Waals surface area contributed by atoms with E-state index in [0.29, 0.717) is 74.8 Å². The molecule has 18 heteroatoms. The van der Waals surface area contributed by atoms with E-state index >= 15 is 0 Å². The van der Waals surface area contributed by atoms with Gasteiger partial charge in [0.2, 0.25) is 29.5 Å². The Kier molecular flexibility index (Phi) is 12.8. The molecule has 0 bridgehead atoms. The highest BCUT2D eigenvalue weighted by Crippen LogP contribution is 2.32. The fraction of sp³-hybridized carbons (Fsp3) is 0.625. The lowest BCUT2D eigenvalue weighted by molar-refractivity contribution is -0.141. The minimum absolute atomic E-state index is 0.0195. The molecular weight excluding hydrogens is 743 g/mol. The zero-order valence-electron chi connectivity index (χ0n) is 34.0. The topological polar surface area (TPSA) is 213 Å². The second-order valence-corrected chi connectivity index (χ2v) is 16.0. The zero-order chi connectivity index (χ0) is 40.9. The van der Waals surface area contributed by atoms with E-state index in [2.05, 4.69) is 59.3 Å². The average molecular weight is 800 g/mol. The van der Waals surface area contributed by atoms with Crippen molar-refractivity contribution >= 4 is 29.5 Å². The molecule has 2 aromatic heterocycles. The number of likely N-dealkylation sites (tertiary alicyclic amines) is 2. The highest BCUT2D eigenvalue weighted by Gasteiger charge is 2.41. The van der Waals surface area contributed by atoms with Crippen LogP contribution >= 0.6 is 0 Å². The largest absolute Gasteiger partial charge is 0.347 e. The standard InChI is InChI=1S/C40H57N13O5/c1-24(41-3)36(54)44-31(39(57)50-17-7-8-18-50)22-29-34-35-30(47-49-53(35)21-11-20-52(34)48-46-29)23-32(45-37(55)25(2)42-4)40(58)51-19-10-16-33(51)38(56)43-28-15-9-13-26-12-5-6-14-27(26)28/h5-6,12,14,24-25,28,31-33,41-42H,7-11,13,15-23H2,1-4H3,(H,43,56)(H,44,54)(H,45,55)/t24-,25-,28+,31-,32-,33-/m0/s1. The van der Waals surface area contributed by atoms with E-state index in [0.717, 1.165) is 37.7 Å². The number of benzene rings is 1. The molecule has 1 aliphatic carbocycles. The third kappa shape index (κ3) is 8.62. The summed E-state index contributed by atoms with van der Waals surface area (Å²) < 4.78 is 3.52. The van der Waals surface area contributed by atoms with Crippen LogP contribution in [-0.2, 0) is 56.3 Å². The Bertz CT molecular complexity index is 1990. The van der Waals surface area contributed by atoms with Crippen LogP contribution in [0.4, 0.5) is 0 Å². The van der Waals surface area contributed by atoms with E-state index in [4.69, 9.17) is 0 Å². The van der Waals surface area contributed by atoms with Gasteiger partial charge in [-0.1, -0.05) is 34.7 Å². The lowest BCUT2D eigenvalue weighted by atomic mass is 9.87. The van der Waals surface area contributed by atoms with Crippen LogP contribution in [0.25, 0.3) is 11.4 Å². The number of hydrogen-bond acceptors (Lipinski definition) is 11. The van der Waals surface area contributed by atoms with Gasteiger partial charge in [-0.2, -0.15) is 0 Å². The summed E-state index contributed by atoms with van der Waals surface area (Å²) in [6.07, 6.45) is 6.44. The summed E-state index contributed by atoms with van der Waals surface area (Å²) in [6, 6.07) is 4.26. The van der Waals surface area contributed by atoms with Crippen LogP contribution < -0.4 is 26.6 Å². The van der Waals surface area contributed by atoms with Gasteiger partial charge in [-0.15, -0.1) is 10.2 Å². The number of rotatable bonds is 14. The fourth-order valence-corrected chi connectivity index (χ4v) is 8.65. The molecule has 4 aliphatic rings. The zero-order valence-corrected chi connectivity index (χ0v) is 34.0. The third-order valence-corrected chi connectivity index (χ3v) is 12.2. The van der Waals surface area contributed by atoms with Crippen LogP contribution in [0.3, 0.4) is 0 Å². The first kappa shape index (κ1) is 40.9. The molecule has 0 saturated carbocycles. The molecule has 5 heterocycles. The molecule has 3 aromatic rings. The van der Waals surface area contributed by atoms with Gasteiger partial charge in [0.1, 0.15) is 29.5 Å². The van der Waals surface area contributed by atoms with Crippen molar-refractivity contribution in [1.29, 1.82) is 0 Å². The number of carbonyl (C=O) groups is 5. The molecule has 2 saturated heterocycles. The van der Waals surface area contributed by atoms with Crippen molar-refractivity contribution in [3.8, 4) is 11.4 Å². The van der Waals surface area contributed by atoms with Crippen molar-refractivity contribution < 1.29 is 24.0 Å². The summed E-state index contributed by atoms with van der Waals surface area (Å²) >= 11 is 0. The van der Waals surface area contributed by atoms with Gasteiger partial charge in [0.15, 0.2) is 0 Å². The van der Waals surface area contributed by atoms with Crippen LogP contribution in [0.2, 0.25) is 0 Å². The van der Waals surface area contributed by atoms with Crippen LogP contribution in [0.1, 0.15) is 87.3 Å². The minimum Gasteiger partial charge on any atom is -0.347 e. The second-order valence-electron chi connectivity index (χ2n) is 16.0. The summed E-state index contributed by atoms with van der Waals surface area (Å²) in [5.74, 6) is -1.44. The first-order chi connectivity index (χ1) is 28.1. The maximum atomic E-state index is 14.7. The SMILES string of the molecule is CN[C@@H](C)C(=O)N[C@@H](Cc1nnn2c1-c1c(C[C@H](NC(=O)[C@H](C)NC)C(=O)N3CCC[C@H]3C(=O)N[C@@H]3CCCc4ccccc43)nnn1CCC2)C(=O)N1CCCC1. The lowest BCUT2D eigenvalue weighted by Gasteiger charge is -2.32. The summed E-state index contributed by atoms with van der Waals surface area (Å²) in [5.41, 5.74) is 4.45. The quantitative estimate of drug-likeness (QED) is 0.147. The molecule has 7 rings (SSSR count). The van der Waals surface area contributed by atoms with E-state index in [1.54, 1.807) is 47.1 Å². The van der Waals surface area contributed by atoms with Gasteiger partial charge in [-0.05, 0) is 90.4 Å². The van der Waals surface area contributed by atoms with Crippen molar-refractivity contribution in [2.24, 2.45) is 0 Å². The Balaban J connectivity index is 1.17. The van der Waals surface area contributed by atoms with Crippen LogP contribution in [-0.4, -0.2) is 133 Å². The van der Waals surface area contributed by atoms with Crippen LogP contribution in [0, 0.1) is 0 Å². The number of likely N-dealkylation sites (N-methyl/N-ethyl adjacent to an activating group) is 2. The van der Waals surface area contributed by atoms with Crippen molar-refractivity contribution in [3.63, 3.8) is 0 Å². The predicted molar refractivity (Wildman–Crippen MR) is 213 cm³/mol. The van der Waals surface area contributed by atoms with E-state index in [-0.39, 0.29) is 48.4 Å². The Morgan fingerprint density at radius 1 is 0.707 bits per heavy atom. The molecule has 2 fully saturated rings. The van der Waals surface area contributed by atoms with Crippen LogP contribution in [0.5, 0.6) is 0 Å². The highest BCUT2D eigenvalue weighted by molar-refractivity contribution is 5.94. The third-order valence-electron chi connectivity index (χ3n) is 12.2. The molecule has 3 aliphatic heterocycles. The molecular formula is C40H57N13O5. The van der Waals surface area contributed by atoms with Gasteiger partial charge in [0.05, 0.1) is 29.5 Å². The first-order valence-corrected chi connectivity index (χ1v) is 20.9. The van der Waals surface area contributed by atoms with E-state index in [1.165, 1.54) is 5.56 Å². The molecule has 58 heavy (non-hydrogen) atoms. The number of carbonyl (C=O) groups excluding carboxylic acids is 5. The summed E-state index contributed by atoms with van der Waals surface area (Å²) in [4.78, 5) is 72.5. The number of nitrogens with one attached hydrogen (secondary N) is 5. The van der Waals surface area contributed by atoms with Gasteiger partial charge in [0, 0.05) is 45.6 Å². The maximum absolute atomic E-state index is 14.7.